The first-order valence-electron chi connectivity index (χ1n) is 5.43. The third-order valence-corrected chi connectivity index (χ3v) is 2.52. The van der Waals surface area contributed by atoms with E-state index in [1.54, 1.807) is 24.3 Å². The molecule has 0 bridgehead atoms. The molecule has 1 aromatic heterocycles. The molecule has 0 unspecified atom stereocenters. The number of aromatic nitrogens is 2. The average Bonchev–Trinajstić information content (AvgIpc) is 2.34. The molecule has 1 aromatic carbocycles. The number of carbonyl (C=O) groups excluding carboxylic acids is 1. The van der Waals surface area contributed by atoms with Crippen molar-refractivity contribution in [3.63, 3.8) is 0 Å². The minimum atomic E-state index is -0.393. The molecule has 0 aliphatic heterocycles. The Morgan fingerprint density at radius 1 is 1.37 bits per heavy atom. The number of amides is 1. The second-order valence-corrected chi connectivity index (χ2v) is 4.25. The zero-order valence-corrected chi connectivity index (χ0v) is 10.6. The van der Waals surface area contributed by atoms with Crippen LogP contribution >= 0.6 is 11.6 Å². The monoisotopic (exact) mass is 278 g/mol. The van der Waals surface area contributed by atoms with Crippen LogP contribution in [0, 0.1) is 0 Å². The highest BCUT2D eigenvalue weighted by Crippen LogP contribution is 2.14. The van der Waals surface area contributed by atoms with Crippen molar-refractivity contribution in [2.75, 3.05) is 11.1 Å². The van der Waals surface area contributed by atoms with Crippen molar-refractivity contribution < 1.29 is 4.79 Å². The van der Waals surface area contributed by atoms with E-state index in [2.05, 4.69) is 10.4 Å². The third-order valence-electron chi connectivity index (χ3n) is 2.29. The van der Waals surface area contributed by atoms with Crippen molar-refractivity contribution in [3.05, 3.63) is 51.8 Å². The molecule has 0 fully saturated rings. The number of rotatable bonds is 3. The van der Waals surface area contributed by atoms with Crippen LogP contribution in [0.2, 0.25) is 5.02 Å². The molecule has 0 spiro atoms. The summed E-state index contributed by atoms with van der Waals surface area (Å²) in [5, 5.41) is 6.89. The van der Waals surface area contributed by atoms with Crippen molar-refractivity contribution in [1.29, 1.82) is 0 Å². The molecule has 0 saturated heterocycles. The molecular formula is C12H11ClN4O2. The van der Waals surface area contributed by atoms with E-state index in [4.69, 9.17) is 17.3 Å². The van der Waals surface area contributed by atoms with Gasteiger partial charge < -0.3 is 11.1 Å². The Morgan fingerprint density at radius 2 is 2.16 bits per heavy atom. The van der Waals surface area contributed by atoms with Crippen LogP contribution in [0.3, 0.4) is 0 Å². The van der Waals surface area contributed by atoms with Crippen molar-refractivity contribution in [2.45, 2.75) is 6.54 Å². The van der Waals surface area contributed by atoms with E-state index in [9.17, 15) is 9.59 Å². The maximum Gasteiger partial charge on any atom is 0.267 e. The molecule has 0 radical (unpaired) electrons. The Labute approximate surface area is 113 Å². The number of nitrogens with zero attached hydrogens (tertiary/aromatic N) is 2. The van der Waals surface area contributed by atoms with Gasteiger partial charge in [-0.25, -0.2) is 4.68 Å². The predicted octanol–water partition coefficient (Wildman–Crippen LogP) is 1.12. The summed E-state index contributed by atoms with van der Waals surface area (Å²) < 4.78 is 0.995. The Balaban J connectivity index is 2.09. The molecule has 0 aliphatic rings. The molecule has 1 amide bonds. The zero-order valence-electron chi connectivity index (χ0n) is 9.84. The van der Waals surface area contributed by atoms with Gasteiger partial charge in [-0.05, 0) is 24.3 Å². The van der Waals surface area contributed by atoms with Crippen LogP contribution in [0.5, 0.6) is 0 Å². The van der Waals surface area contributed by atoms with Crippen molar-refractivity contribution >= 4 is 29.0 Å². The van der Waals surface area contributed by atoms with Crippen molar-refractivity contribution in [1.82, 2.24) is 9.78 Å². The van der Waals surface area contributed by atoms with Gasteiger partial charge in [0, 0.05) is 16.8 Å². The number of hydrogen-bond acceptors (Lipinski definition) is 4. The lowest BCUT2D eigenvalue weighted by Gasteiger charge is -2.07. The number of nitrogens with one attached hydrogen (secondary N) is 1. The quantitative estimate of drug-likeness (QED) is 0.880. The van der Waals surface area contributed by atoms with Crippen LogP contribution in [0.4, 0.5) is 11.5 Å². The summed E-state index contributed by atoms with van der Waals surface area (Å²) in [5.41, 5.74) is 5.61. The fourth-order valence-corrected chi connectivity index (χ4v) is 1.67. The first kappa shape index (κ1) is 13.1. The fourth-order valence-electron chi connectivity index (χ4n) is 1.48. The lowest BCUT2D eigenvalue weighted by molar-refractivity contribution is -0.117. The van der Waals surface area contributed by atoms with Crippen LogP contribution in [-0.2, 0) is 11.3 Å². The molecule has 2 aromatic rings. The minimum Gasteiger partial charge on any atom is -0.382 e. The lowest BCUT2D eigenvalue weighted by Crippen LogP contribution is -2.29. The highest BCUT2D eigenvalue weighted by atomic mass is 35.5. The second-order valence-electron chi connectivity index (χ2n) is 3.81. The van der Waals surface area contributed by atoms with E-state index in [0.717, 1.165) is 4.68 Å². The molecule has 2 rings (SSSR count). The van der Waals surface area contributed by atoms with Crippen molar-refractivity contribution in [2.24, 2.45) is 0 Å². The number of halogens is 1. The van der Waals surface area contributed by atoms with E-state index in [1.165, 1.54) is 12.1 Å². The molecule has 0 aliphatic carbocycles. The van der Waals surface area contributed by atoms with Gasteiger partial charge in [0.15, 0.2) is 0 Å². The number of carbonyl (C=O) groups is 1. The summed E-state index contributed by atoms with van der Waals surface area (Å²) in [7, 11) is 0. The van der Waals surface area contributed by atoms with Crippen LogP contribution in [-0.4, -0.2) is 15.7 Å². The zero-order chi connectivity index (χ0) is 13.8. The number of nitrogen functional groups attached to an aromatic ring is 1. The van der Waals surface area contributed by atoms with E-state index in [1.807, 2.05) is 0 Å². The molecule has 98 valence electrons. The highest BCUT2D eigenvalue weighted by molar-refractivity contribution is 6.30. The molecule has 19 heavy (non-hydrogen) atoms. The van der Waals surface area contributed by atoms with Crippen LogP contribution in [0.15, 0.2) is 41.2 Å². The predicted molar refractivity (Wildman–Crippen MR) is 73.0 cm³/mol. The van der Waals surface area contributed by atoms with E-state index >= 15 is 0 Å². The number of benzene rings is 1. The van der Waals surface area contributed by atoms with Gasteiger partial charge in [-0.3, -0.25) is 9.59 Å². The average molecular weight is 279 g/mol. The van der Waals surface area contributed by atoms with Crippen molar-refractivity contribution in [3.8, 4) is 0 Å². The Bertz CT molecular complexity index is 669. The SMILES string of the molecule is Nc1ccc(=O)n(CC(=O)Nc2cccc(Cl)c2)n1. The smallest absolute Gasteiger partial charge is 0.267 e. The second kappa shape index (κ2) is 5.53. The maximum absolute atomic E-state index is 11.8. The summed E-state index contributed by atoms with van der Waals surface area (Å²) in [4.78, 5) is 23.2. The molecule has 0 saturated carbocycles. The standard InChI is InChI=1S/C12H11ClN4O2/c13-8-2-1-3-9(6-8)15-11(18)7-17-12(19)5-4-10(14)16-17/h1-6H,7H2,(H2,14,16)(H,15,18). The van der Waals surface area contributed by atoms with Gasteiger partial charge in [0.05, 0.1) is 0 Å². The van der Waals surface area contributed by atoms with Crippen LogP contribution < -0.4 is 16.6 Å². The van der Waals surface area contributed by atoms with Crippen LogP contribution in [0.25, 0.3) is 0 Å². The summed E-state index contributed by atoms with van der Waals surface area (Å²) in [6.07, 6.45) is 0. The van der Waals surface area contributed by atoms with Gasteiger partial charge in [-0.2, -0.15) is 5.10 Å². The molecular weight excluding hydrogens is 268 g/mol. The van der Waals surface area contributed by atoms with Gasteiger partial charge in [0.25, 0.3) is 5.56 Å². The molecule has 7 heteroatoms. The summed E-state index contributed by atoms with van der Waals surface area (Å²) in [6.45, 7) is -0.212. The van der Waals surface area contributed by atoms with Gasteiger partial charge in [0.2, 0.25) is 5.91 Å². The lowest BCUT2D eigenvalue weighted by atomic mass is 10.3. The number of nitrogens with two attached hydrogens (primary N) is 1. The Kier molecular flexibility index (Phi) is 3.82. The summed E-state index contributed by atoms with van der Waals surface area (Å²) in [6, 6.07) is 9.35. The topological polar surface area (TPSA) is 90.0 Å². The molecule has 1 heterocycles. The maximum atomic E-state index is 11.8. The number of hydrogen-bond donors (Lipinski definition) is 2. The Morgan fingerprint density at radius 3 is 2.89 bits per heavy atom. The van der Waals surface area contributed by atoms with Crippen LogP contribution in [0.1, 0.15) is 0 Å². The fraction of sp³-hybridized carbons (Fsp3) is 0.0833. The molecule has 3 N–H and O–H groups in total. The normalized spacial score (nSPS) is 10.2. The summed E-state index contributed by atoms with van der Waals surface area (Å²) in [5.74, 6) is -0.211. The van der Waals surface area contributed by atoms with Gasteiger partial charge >= 0.3 is 0 Å². The van der Waals surface area contributed by atoms with Gasteiger partial charge in [0.1, 0.15) is 12.4 Å². The van der Waals surface area contributed by atoms with Gasteiger partial charge in [-0.15, -0.1) is 0 Å². The molecule has 0 atom stereocenters. The minimum absolute atomic E-state index is 0.176. The van der Waals surface area contributed by atoms with Gasteiger partial charge in [-0.1, -0.05) is 17.7 Å². The first-order chi connectivity index (χ1) is 9.04. The largest absolute Gasteiger partial charge is 0.382 e. The van der Waals surface area contributed by atoms with E-state index < -0.39 is 5.56 Å². The Hall–Kier alpha value is -2.34. The number of anilines is 2. The first-order valence-corrected chi connectivity index (χ1v) is 5.81. The third kappa shape index (κ3) is 3.56. The molecule has 6 nitrogen and oxygen atoms in total. The van der Waals surface area contributed by atoms with E-state index in [-0.39, 0.29) is 18.3 Å². The highest BCUT2D eigenvalue weighted by Gasteiger charge is 2.06. The van der Waals surface area contributed by atoms with E-state index in [0.29, 0.717) is 10.7 Å². The summed E-state index contributed by atoms with van der Waals surface area (Å²) >= 11 is 5.80.